The Morgan fingerprint density at radius 1 is 1.08 bits per heavy atom. The van der Waals surface area contributed by atoms with Crippen LogP contribution in [0.15, 0.2) is 40.9 Å². The first kappa shape index (κ1) is 17.0. The van der Waals surface area contributed by atoms with Gasteiger partial charge in [0, 0.05) is 24.4 Å². The van der Waals surface area contributed by atoms with E-state index in [4.69, 9.17) is 0 Å². The Labute approximate surface area is 142 Å². The summed E-state index contributed by atoms with van der Waals surface area (Å²) in [6, 6.07) is 6.22. The Hall–Kier alpha value is -1.86. The molecule has 7 heteroatoms. The van der Waals surface area contributed by atoms with Crippen molar-refractivity contribution in [3.05, 3.63) is 41.6 Å². The van der Waals surface area contributed by atoms with Crippen molar-refractivity contribution in [2.75, 3.05) is 13.1 Å². The third-order valence-electron chi connectivity index (χ3n) is 4.43. The summed E-state index contributed by atoms with van der Waals surface area (Å²) in [7, 11) is -3.51. The number of rotatable bonds is 5. The molecule has 3 rings (SSSR count). The molecule has 1 saturated heterocycles. The van der Waals surface area contributed by atoms with E-state index in [1.807, 2.05) is 0 Å². The molecular weight excluding hydrogens is 326 g/mol. The highest BCUT2D eigenvalue weighted by molar-refractivity contribution is 7.89. The van der Waals surface area contributed by atoms with Crippen LogP contribution in [0.1, 0.15) is 48.9 Å². The summed E-state index contributed by atoms with van der Waals surface area (Å²) in [5.41, 5.74) is 6.93. The van der Waals surface area contributed by atoms with Crippen LogP contribution in [0.2, 0.25) is 0 Å². The quantitative estimate of drug-likeness (QED) is 0.799. The van der Waals surface area contributed by atoms with E-state index in [-0.39, 0.29) is 10.8 Å². The molecule has 1 aliphatic carbocycles. The fraction of sp³-hybridized carbons (Fsp3) is 0.471. The molecule has 1 aliphatic heterocycles. The van der Waals surface area contributed by atoms with Gasteiger partial charge in [0.25, 0.3) is 5.91 Å². The highest BCUT2D eigenvalue weighted by Crippen LogP contribution is 2.21. The predicted octanol–water partition coefficient (Wildman–Crippen LogP) is 2.16. The molecule has 0 radical (unpaired) electrons. The van der Waals surface area contributed by atoms with Crippen molar-refractivity contribution < 1.29 is 13.2 Å². The summed E-state index contributed by atoms with van der Waals surface area (Å²) < 4.78 is 26.6. The van der Waals surface area contributed by atoms with E-state index in [0.717, 1.165) is 37.8 Å². The summed E-state index contributed by atoms with van der Waals surface area (Å²) in [6.07, 6.45) is 8.08. The average molecular weight is 349 g/mol. The van der Waals surface area contributed by atoms with Gasteiger partial charge in [0.05, 0.1) is 4.90 Å². The molecule has 0 spiro atoms. The number of sulfonamides is 1. The summed E-state index contributed by atoms with van der Waals surface area (Å²) >= 11 is 0. The fourth-order valence-corrected chi connectivity index (χ4v) is 4.60. The number of benzene rings is 1. The van der Waals surface area contributed by atoms with Crippen molar-refractivity contribution >= 4 is 15.9 Å². The van der Waals surface area contributed by atoms with Gasteiger partial charge < -0.3 is 5.43 Å². The number of nitrogens with one attached hydrogen (secondary N) is 2. The molecule has 0 bridgehead atoms. The molecule has 1 amide bonds. The van der Waals surface area contributed by atoms with E-state index < -0.39 is 10.0 Å². The zero-order valence-electron chi connectivity index (χ0n) is 13.6. The number of carbonyl (C=O) groups is 1. The topological polar surface area (TPSA) is 78.5 Å². The van der Waals surface area contributed by atoms with Crippen LogP contribution in [0.25, 0.3) is 0 Å². The van der Waals surface area contributed by atoms with Gasteiger partial charge in [0.15, 0.2) is 0 Å². The molecule has 130 valence electrons. The van der Waals surface area contributed by atoms with Gasteiger partial charge in [-0.25, -0.2) is 8.42 Å². The lowest BCUT2D eigenvalue weighted by Gasteiger charge is -2.17. The summed E-state index contributed by atoms with van der Waals surface area (Å²) in [6.45, 7) is 1.10. The average Bonchev–Trinajstić information content (AvgIpc) is 3.16. The van der Waals surface area contributed by atoms with Crippen molar-refractivity contribution in [2.24, 2.45) is 0 Å². The maximum absolute atomic E-state index is 12.6. The van der Waals surface area contributed by atoms with Gasteiger partial charge in [0.2, 0.25) is 10.0 Å². The van der Waals surface area contributed by atoms with Gasteiger partial charge >= 0.3 is 0 Å². The summed E-state index contributed by atoms with van der Waals surface area (Å²) in [5.74, 6) is -0.333. The minimum Gasteiger partial charge on any atom is -0.303 e. The van der Waals surface area contributed by atoms with Crippen LogP contribution in [-0.4, -0.2) is 31.7 Å². The number of nitrogens with zero attached hydrogens (tertiary/aromatic N) is 1. The zero-order chi connectivity index (χ0) is 17.0. The smallest absolute Gasteiger partial charge is 0.269 e. The van der Waals surface area contributed by atoms with Crippen molar-refractivity contribution in [2.45, 2.75) is 43.4 Å². The lowest BCUT2D eigenvalue weighted by atomic mass is 10.1. The van der Waals surface area contributed by atoms with E-state index >= 15 is 0 Å². The maximum atomic E-state index is 12.6. The SMILES string of the molecule is O=C(NNC1=CCCCC1)c1cccc(S(=O)(=O)N2CCCC2)c1. The van der Waals surface area contributed by atoms with Gasteiger partial charge in [-0.1, -0.05) is 12.1 Å². The standard InChI is InChI=1S/C17H23N3O3S/c21-17(19-18-15-8-2-1-3-9-15)14-7-6-10-16(13-14)24(22,23)20-11-4-5-12-20/h6-8,10,13,18H,1-5,9,11-12H2,(H,19,21). The van der Waals surface area contributed by atoms with E-state index in [1.165, 1.54) is 16.8 Å². The molecule has 6 nitrogen and oxygen atoms in total. The predicted molar refractivity (Wildman–Crippen MR) is 91.6 cm³/mol. The third kappa shape index (κ3) is 3.79. The van der Waals surface area contributed by atoms with Crippen LogP contribution in [-0.2, 0) is 10.0 Å². The van der Waals surface area contributed by atoms with Crippen LogP contribution < -0.4 is 10.9 Å². The van der Waals surface area contributed by atoms with Crippen LogP contribution in [0, 0.1) is 0 Å². The third-order valence-corrected chi connectivity index (χ3v) is 6.32. The minimum absolute atomic E-state index is 0.175. The molecule has 2 N–H and O–H groups in total. The second-order valence-corrected chi connectivity index (χ2v) is 8.13. The normalized spacial score (nSPS) is 18.9. The van der Waals surface area contributed by atoms with Crippen LogP contribution >= 0.6 is 0 Å². The molecule has 0 aromatic heterocycles. The monoisotopic (exact) mass is 349 g/mol. The van der Waals surface area contributed by atoms with Crippen molar-refractivity contribution in [1.29, 1.82) is 0 Å². The van der Waals surface area contributed by atoms with Gasteiger partial charge in [-0.2, -0.15) is 4.31 Å². The van der Waals surface area contributed by atoms with Gasteiger partial charge in [0.1, 0.15) is 0 Å². The Kier molecular flexibility index (Phi) is 5.20. The Bertz CT molecular complexity index is 737. The number of carbonyl (C=O) groups excluding carboxylic acids is 1. The van der Waals surface area contributed by atoms with Gasteiger partial charge in [-0.3, -0.25) is 10.2 Å². The van der Waals surface area contributed by atoms with Crippen molar-refractivity contribution in [1.82, 2.24) is 15.2 Å². The lowest BCUT2D eigenvalue weighted by Crippen LogP contribution is -2.37. The summed E-state index contributed by atoms with van der Waals surface area (Å²) in [5, 5.41) is 0. The second-order valence-electron chi connectivity index (χ2n) is 6.19. The first-order valence-corrected chi connectivity index (χ1v) is 9.87. The largest absolute Gasteiger partial charge is 0.303 e. The first-order chi connectivity index (χ1) is 11.6. The van der Waals surface area contributed by atoms with Crippen LogP contribution in [0.5, 0.6) is 0 Å². The minimum atomic E-state index is -3.51. The first-order valence-electron chi connectivity index (χ1n) is 8.43. The Balaban J connectivity index is 1.70. The van der Waals surface area contributed by atoms with E-state index in [1.54, 1.807) is 18.2 Å². The Morgan fingerprint density at radius 2 is 1.88 bits per heavy atom. The van der Waals surface area contributed by atoms with Gasteiger partial charge in [-0.15, -0.1) is 0 Å². The molecule has 1 aromatic rings. The van der Waals surface area contributed by atoms with Crippen LogP contribution in [0.3, 0.4) is 0 Å². The van der Waals surface area contributed by atoms with Gasteiger partial charge in [-0.05, 0) is 56.7 Å². The molecule has 0 unspecified atom stereocenters. The number of hydrazine groups is 1. The molecule has 1 heterocycles. The molecular formula is C17H23N3O3S. The lowest BCUT2D eigenvalue weighted by molar-refractivity contribution is 0.0937. The number of amides is 1. The van der Waals surface area contributed by atoms with E-state index in [9.17, 15) is 13.2 Å². The number of hydrogen-bond acceptors (Lipinski definition) is 4. The second kappa shape index (κ2) is 7.36. The molecule has 0 atom stereocenters. The fourth-order valence-electron chi connectivity index (χ4n) is 3.04. The number of hydrogen-bond donors (Lipinski definition) is 2. The number of allylic oxidation sites excluding steroid dienone is 2. The molecule has 0 saturated carbocycles. The highest BCUT2D eigenvalue weighted by Gasteiger charge is 2.27. The highest BCUT2D eigenvalue weighted by atomic mass is 32.2. The van der Waals surface area contributed by atoms with Crippen molar-refractivity contribution in [3.63, 3.8) is 0 Å². The molecule has 2 aliphatic rings. The maximum Gasteiger partial charge on any atom is 0.269 e. The van der Waals surface area contributed by atoms with Crippen LogP contribution in [0.4, 0.5) is 0 Å². The Morgan fingerprint density at radius 3 is 2.58 bits per heavy atom. The molecule has 1 fully saturated rings. The summed E-state index contributed by atoms with van der Waals surface area (Å²) in [4.78, 5) is 12.5. The van der Waals surface area contributed by atoms with E-state index in [2.05, 4.69) is 16.9 Å². The van der Waals surface area contributed by atoms with E-state index in [0.29, 0.717) is 18.7 Å². The van der Waals surface area contributed by atoms with Crippen molar-refractivity contribution in [3.8, 4) is 0 Å². The zero-order valence-corrected chi connectivity index (χ0v) is 14.4. The molecule has 1 aromatic carbocycles. The molecule has 24 heavy (non-hydrogen) atoms.